The van der Waals surface area contributed by atoms with Gasteiger partial charge in [-0.25, -0.2) is 5.43 Å². The van der Waals surface area contributed by atoms with Crippen molar-refractivity contribution in [2.75, 3.05) is 6.61 Å². The molecule has 0 aliphatic heterocycles. The number of ether oxygens (including phenoxy) is 1. The van der Waals surface area contributed by atoms with Crippen LogP contribution >= 0.6 is 0 Å². The fourth-order valence-corrected chi connectivity index (χ4v) is 2.47. The first-order chi connectivity index (χ1) is 13.5. The molecule has 3 aromatic rings. The fraction of sp³-hybridized carbons (Fsp3) is 0.105. The maximum Gasteiger partial charge on any atom is 0.311 e. The van der Waals surface area contributed by atoms with Crippen molar-refractivity contribution in [3.63, 3.8) is 0 Å². The van der Waals surface area contributed by atoms with Crippen LogP contribution in [0.1, 0.15) is 11.1 Å². The number of nitro groups is 1. The highest BCUT2D eigenvalue weighted by Crippen LogP contribution is 2.27. The summed E-state index contributed by atoms with van der Waals surface area (Å²) < 4.78 is 5.25. The van der Waals surface area contributed by atoms with E-state index in [-0.39, 0.29) is 11.4 Å². The summed E-state index contributed by atoms with van der Waals surface area (Å²) in [6.07, 6.45) is 3.04. The van der Waals surface area contributed by atoms with Crippen LogP contribution < -0.4 is 10.2 Å². The van der Waals surface area contributed by atoms with Gasteiger partial charge in [0.2, 0.25) is 0 Å². The minimum absolute atomic E-state index is 0.0240. The standard InChI is InChI=1S/C19H17N5O4/c1-13-7-8-17(16(9-13)24(26)27)28-12-18(25)22-20-10-15-11-21-23-19(15)14-5-3-2-4-6-14/h2-11H,12H2,1H3,(H,21,23)(H,22,25). The second-order valence-corrected chi connectivity index (χ2v) is 5.88. The van der Waals surface area contributed by atoms with E-state index in [1.807, 2.05) is 30.3 Å². The number of hydrogen-bond donors (Lipinski definition) is 2. The lowest BCUT2D eigenvalue weighted by atomic mass is 10.1. The predicted octanol–water partition coefficient (Wildman–Crippen LogP) is 2.82. The van der Waals surface area contributed by atoms with Gasteiger partial charge in [-0.2, -0.15) is 10.2 Å². The monoisotopic (exact) mass is 379 g/mol. The Morgan fingerprint density at radius 3 is 2.86 bits per heavy atom. The van der Waals surface area contributed by atoms with E-state index in [0.717, 1.165) is 16.8 Å². The van der Waals surface area contributed by atoms with Crippen molar-refractivity contribution in [3.05, 3.63) is 76.0 Å². The van der Waals surface area contributed by atoms with E-state index in [0.29, 0.717) is 5.56 Å². The van der Waals surface area contributed by atoms with Crippen LogP contribution in [-0.4, -0.2) is 33.8 Å². The van der Waals surface area contributed by atoms with E-state index in [1.54, 1.807) is 19.2 Å². The molecule has 9 nitrogen and oxygen atoms in total. The number of H-pyrrole nitrogens is 1. The van der Waals surface area contributed by atoms with Crippen LogP contribution in [-0.2, 0) is 4.79 Å². The Balaban J connectivity index is 1.59. The van der Waals surface area contributed by atoms with Gasteiger partial charge in [-0.15, -0.1) is 0 Å². The van der Waals surface area contributed by atoms with Gasteiger partial charge >= 0.3 is 5.69 Å². The van der Waals surface area contributed by atoms with E-state index < -0.39 is 17.4 Å². The van der Waals surface area contributed by atoms with E-state index >= 15 is 0 Å². The zero-order valence-electron chi connectivity index (χ0n) is 15.0. The summed E-state index contributed by atoms with van der Waals surface area (Å²) in [5.41, 5.74) is 5.25. The zero-order valence-corrected chi connectivity index (χ0v) is 15.0. The molecule has 0 saturated carbocycles. The number of carbonyl (C=O) groups excluding carboxylic acids is 1. The maximum absolute atomic E-state index is 11.9. The number of nitrogens with zero attached hydrogens (tertiary/aromatic N) is 3. The number of amides is 1. The lowest BCUT2D eigenvalue weighted by Gasteiger charge is -2.06. The molecule has 2 N–H and O–H groups in total. The number of carbonyl (C=O) groups is 1. The highest BCUT2D eigenvalue weighted by atomic mass is 16.6. The van der Waals surface area contributed by atoms with E-state index in [4.69, 9.17) is 4.74 Å². The minimum atomic E-state index is -0.553. The van der Waals surface area contributed by atoms with Crippen LogP contribution in [0.3, 0.4) is 0 Å². The van der Waals surface area contributed by atoms with Crippen LogP contribution in [0.4, 0.5) is 5.69 Å². The second kappa shape index (κ2) is 8.58. The van der Waals surface area contributed by atoms with Gasteiger partial charge in [0.15, 0.2) is 12.4 Å². The largest absolute Gasteiger partial charge is 0.477 e. The number of rotatable bonds is 7. The number of hydrazone groups is 1. The number of aromatic nitrogens is 2. The topological polar surface area (TPSA) is 123 Å². The molecule has 0 fully saturated rings. The molecule has 1 aromatic heterocycles. The van der Waals surface area contributed by atoms with Gasteiger partial charge in [-0.1, -0.05) is 36.4 Å². The van der Waals surface area contributed by atoms with Crippen LogP contribution in [0.5, 0.6) is 5.75 Å². The molecule has 0 aliphatic carbocycles. The van der Waals surface area contributed by atoms with Crippen molar-refractivity contribution in [1.29, 1.82) is 0 Å². The molecule has 0 saturated heterocycles. The van der Waals surface area contributed by atoms with E-state index in [9.17, 15) is 14.9 Å². The molecule has 3 rings (SSSR count). The van der Waals surface area contributed by atoms with Gasteiger partial charge in [0.25, 0.3) is 5.91 Å². The molecule has 0 bridgehead atoms. The van der Waals surface area contributed by atoms with Gasteiger partial charge in [0.1, 0.15) is 0 Å². The van der Waals surface area contributed by atoms with E-state index in [2.05, 4.69) is 20.7 Å². The lowest BCUT2D eigenvalue weighted by Crippen LogP contribution is -2.24. The van der Waals surface area contributed by atoms with Crippen molar-refractivity contribution in [3.8, 4) is 17.0 Å². The van der Waals surface area contributed by atoms with Crippen LogP contribution in [0.2, 0.25) is 0 Å². The molecule has 2 aromatic carbocycles. The average Bonchev–Trinajstić information content (AvgIpc) is 3.16. The summed E-state index contributed by atoms with van der Waals surface area (Å²) in [5.74, 6) is -0.521. The Labute approximate surface area is 160 Å². The van der Waals surface area contributed by atoms with Crippen molar-refractivity contribution in [1.82, 2.24) is 15.6 Å². The molecular weight excluding hydrogens is 362 g/mol. The molecule has 0 unspecified atom stereocenters. The molecule has 0 radical (unpaired) electrons. The van der Waals surface area contributed by atoms with Gasteiger partial charge in [-0.05, 0) is 18.6 Å². The lowest BCUT2D eigenvalue weighted by molar-refractivity contribution is -0.385. The Morgan fingerprint density at radius 1 is 1.32 bits per heavy atom. The first-order valence-corrected chi connectivity index (χ1v) is 8.33. The highest BCUT2D eigenvalue weighted by molar-refractivity contribution is 5.89. The van der Waals surface area contributed by atoms with Crippen molar-refractivity contribution < 1.29 is 14.5 Å². The van der Waals surface area contributed by atoms with Crippen LogP contribution in [0.25, 0.3) is 11.3 Å². The number of benzene rings is 2. The highest BCUT2D eigenvalue weighted by Gasteiger charge is 2.16. The number of nitro benzene ring substituents is 1. The Hall–Kier alpha value is -4.01. The third kappa shape index (κ3) is 4.58. The summed E-state index contributed by atoms with van der Waals surface area (Å²) in [7, 11) is 0. The predicted molar refractivity (Wildman–Crippen MR) is 103 cm³/mol. The van der Waals surface area contributed by atoms with Crippen molar-refractivity contribution >= 4 is 17.8 Å². The van der Waals surface area contributed by atoms with Crippen LogP contribution in [0, 0.1) is 17.0 Å². The molecule has 1 heterocycles. The SMILES string of the molecule is Cc1ccc(OCC(=O)NN=Cc2cn[nH]c2-c2ccccc2)c([N+](=O)[O-])c1. The molecule has 28 heavy (non-hydrogen) atoms. The molecule has 0 aliphatic rings. The summed E-state index contributed by atoms with van der Waals surface area (Å²) in [5, 5.41) is 21.8. The third-order valence-corrected chi connectivity index (χ3v) is 3.79. The molecule has 142 valence electrons. The van der Waals surface area contributed by atoms with Crippen LogP contribution in [0.15, 0.2) is 59.8 Å². The normalized spacial score (nSPS) is 10.8. The van der Waals surface area contributed by atoms with Gasteiger partial charge < -0.3 is 4.74 Å². The Morgan fingerprint density at radius 2 is 2.11 bits per heavy atom. The quantitative estimate of drug-likeness (QED) is 0.371. The van der Waals surface area contributed by atoms with Gasteiger partial charge in [0, 0.05) is 17.2 Å². The average molecular weight is 379 g/mol. The molecule has 0 spiro atoms. The second-order valence-electron chi connectivity index (χ2n) is 5.88. The number of hydrogen-bond acceptors (Lipinski definition) is 6. The summed E-state index contributed by atoms with van der Waals surface area (Å²) in [6, 6.07) is 14.1. The minimum Gasteiger partial charge on any atom is -0.477 e. The molecular formula is C19H17N5O4. The number of aryl methyl sites for hydroxylation is 1. The van der Waals surface area contributed by atoms with Gasteiger partial charge in [0.05, 0.1) is 23.0 Å². The van der Waals surface area contributed by atoms with Crippen molar-refractivity contribution in [2.24, 2.45) is 5.10 Å². The third-order valence-electron chi connectivity index (χ3n) is 3.79. The van der Waals surface area contributed by atoms with E-state index in [1.165, 1.54) is 18.3 Å². The zero-order chi connectivity index (χ0) is 19.9. The fourth-order valence-electron chi connectivity index (χ4n) is 2.47. The Bertz CT molecular complexity index is 1010. The number of aromatic amines is 1. The Kier molecular flexibility index (Phi) is 5.75. The first-order valence-electron chi connectivity index (χ1n) is 8.33. The van der Waals surface area contributed by atoms with Crippen molar-refractivity contribution in [2.45, 2.75) is 6.92 Å². The number of nitrogens with one attached hydrogen (secondary N) is 2. The van der Waals surface area contributed by atoms with Gasteiger partial charge in [-0.3, -0.25) is 20.0 Å². The molecule has 1 amide bonds. The summed E-state index contributed by atoms with van der Waals surface area (Å²) in [4.78, 5) is 22.4. The summed E-state index contributed by atoms with van der Waals surface area (Å²) >= 11 is 0. The first kappa shape index (κ1) is 18.8. The smallest absolute Gasteiger partial charge is 0.311 e. The molecule has 0 atom stereocenters. The maximum atomic E-state index is 11.9. The summed E-state index contributed by atoms with van der Waals surface area (Å²) in [6.45, 7) is 1.33. The molecule has 9 heteroatoms.